The van der Waals surface area contributed by atoms with Crippen molar-refractivity contribution in [3.63, 3.8) is 0 Å². The molecule has 1 N–H and O–H groups in total. The molecule has 1 saturated carbocycles. The minimum Gasteiger partial charge on any atom is -0.474 e. The maximum atomic E-state index is 15.3. The van der Waals surface area contributed by atoms with Crippen molar-refractivity contribution in [1.29, 1.82) is 0 Å². The van der Waals surface area contributed by atoms with Gasteiger partial charge in [0, 0.05) is 60.7 Å². The second-order valence-corrected chi connectivity index (χ2v) is 10.5. The number of likely N-dealkylation sites (tertiary alicyclic amines) is 1. The molecule has 1 aliphatic carbocycles. The van der Waals surface area contributed by atoms with Crippen molar-refractivity contribution in [3.8, 4) is 23.1 Å². The molecule has 11 heteroatoms. The summed E-state index contributed by atoms with van der Waals surface area (Å²) in [5.41, 5.74) is -0.0415. The van der Waals surface area contributed by atoms with Crippen molar-refractivity contribution < 1.29 is 23.4 Å². The summed E-state index contributed by atoms with van der Waals surface area (Å²) in [5.74, 6) is -0.494. The first-order valence-electron chi connectivity index (χ1n) is 12.6. The number of fused-ring (bicyclic) bond motifs is 1. The lowest BCUT2D eigenvalue weighted by atomic mass is 9.96. The minimum atomic E-state index is -1.49. The zero-order chi connectivity index (χ0) is 27.5. The van der Waals surface area contributed by atoms with Gasteiger partial charge in [0.2, 0.25) is 11.8 Å². The largest absolute Gasteiger partial charge is 0.474 e. The molecule has 39 heavy (non-hydrogen) atoms. The summed E-state index contributed by atoms with van der Waals surface area (Å²) in [6, 6.07) is 8.43. The number of carbonyl (C=O) groups excluding carboxylic acids is 1. The molecule has 0 bridgehead atoms. The number of rotatable bonds is 6. The highest BCUT2D eigenvalue weighted by atomic mass is 19.1. The summed E-state index contributed by atoms with van der Waals surface area (Å²) < 4.78 is 36.4. The van der Waals surface area contributed by atoms with Gasteiger partial charge in [0.1, 0.15) is 17.6 Å². The Kier molecular flexibility index (Phi) is 5.91. The number of aliphatic hydroxyl groups is 1. The molecular formula is C28H26F2N6O3. The molecule has 4 heterocycles. The normalized spacial score (nSPS) is 20.2. The van der Waals surface area contributed by atoms with Gasteiger partial charge in [0.05, 0.1) is 16.9 Å². The predicted octanol–water partition coefficient (Wildman–Crippen LogP) is 3.69. The molecule has 2 fully saturated rings. The van der Waals surface area contributed by atoms with Crippen LogP contribution in [0, 0.1) is 30.4 Å². The van der Waals surface area contributed by atoms with E-state index in [1.54, 1.807) is 36.5 Å². The molecule has 6 rings (SSSR count). The van der Waals surface area contributed by atoms with Crippen LogP contribution in [0.3, 0.4) is 0 Å². The van der Waals surface area contributed by atoms with Gasteiger partial charge in [-0.2, -0.15) is 5.10 Å². The number of halogens is 2. The minimum absolute atomic E-state index is 0.0258. The van der Waals surface area contributed by atoms with Crippen molar-refractivity contribution >= 4 is 5.91 Å². The Balaban J connectivity index is 1.18. The first-order valence-corrected chi connectivity index (χ1v) is 12.6. The zero-order valence-corrected chi connectivity index (χ0v) is 21.5. The second-order valence-electron chi connectivity index (χ2n) is 10.5. The molecule has 4 aromatic rings. The molecule has 1 amide bonds. The first-order chi connectivity index (χ1) is 18.6. The Hall–Kier alpha value is -4.25. The van der Waals surface area contributed by atoms with E-state index < -0.39 is 17.2 Å². The van der Waals surface area contributed by atoms with Crippen molar-refractivity contribution in [2.75, 3.05) is 13.1 Å². The van der Waals surface area contributed by atoms with Gasteiger partial charge < -0.3 is 14.7 Å². The molecule has 0 spiro atoms. The Morgan fingerprint density at radius 2 is 1.77 bits per heavy atom. The summed E-state index contributed by atoms with van der Waals surface area (Å²) in [7, 11) is 0. The van der Waals surface area contributed by atoms with E-state index in [0.29, 0.717) is 35.9 Å². The third-order valence-electron chi connectivity index (χ3n) is 7.26. The van der Waals surface area contributed by atoms with Crippen molar-refractivity contribution in [2.24, 2.45) is 11.8 Å². The standard InChI is InChI=1S/C28H26F2N6O3/c1-15-18(14-36(34-15)27-31-9-4-10-32-27)26(37)35-12-19-20(13-35)25(19)39-22-11-21(28(2,3)38)23(30)24(33-22)16-5-7-17(29)8-6-16/h4-11,14,19-20,25,38H,12-13H2,1-3H3/t19-,20+,25-. The molecule has 3 atom stereocenters. The maximum absolute atomic E-state index is 15.3. The molecule has 0 unspecified atom stereocenters. The highest BCUT2D eigenvalue weighted by Crippen LogP contribution is 2.48. The van der Waals surface area contributed by atoms with Crippen LogP contribution in [-0.4, -0.2) is 59.8 Å². The number of piperidine rings is 1. The lowest BCUT2D eigenvalue weighted by molar-refractivity contribution is 0.0723. The number of pyridine rings is 1. The van der Waals surface area contributed by atoms with Gasteiger partial charge in [0.25, 0.3) is 5.91 Å². The first kappa shape index (κ1) is 25.1. The van der Waals surface area contributed by atoms with Gasteiger partial charge in [-0.3, -0.25) is 4.79 Å². The summed E-state index contributed by atoms with van der Waals surface area (Å²) in [6.45, 7) is 5.74. The topological polar surface area (TPSA) is 106 Å². The smallest absolute Gasteiger partial charge is 0.257 e. The van der Waals surface area contributed by atoms with Gasteiger partial charge in [0.15, 0.2) is 5.82 Å². The number of nitrogens with zero attached hydrogens (tertiary/aromatic N) is 6. The summed E-state index contributed by atoms with van der Waals surface area (Å²) >= 11 is 0. The van der Waals surface area contributed by atoms with E-state index in [9.17, 15) is 14.3 Å². The highest BCUT2D eigenvalue weighted by molar-refractivity contribution is 5.95. The molecule has 2 aliphatic rings. The number of aryl methyl sites for hydroxylation is 1. The van der Waals surface area contributed by atoms with Gasteiger partial charge in [-0.25, -0.2) is 28.4 Å². The number of amides is 1. The van der Waals surface area contributed by atoms with Crippen LogP contribution < -0.4 is 4.74 Å². The molecule has 3 aromatic heterocycles. The van der Waals surface area contributed by atoms with Crippen LogP contribution in [0.5, 0.6) is 5.88 Å². The molecule has 1 aliphatic heterocycles. The van der Waals surface area contributed by atoms with Crippen LogP contribution >= 0.6 is 0 Å². The second kappa shape index (κ2) is 9.19. The van der Waals surface area contributed by atoms with Crippen LogP contribution in [0.2, 0.25) is 0 Å². The molecular weight excluding hydrogens is 506 g/mol. The molecule has 1 saturated heterocycles. The van der Waals surface area contributed by atoms with Crippen molar-refractivity contribution in [3.05, 3.63) is 83.4 Å². The number of hydrogen-bond acceptors (Lipinski definition) is 7. The average molecular weight is 533 g/mol. The fourth-order valence-electron chi connectivity index (χ4n) is 5.11. The Labute approximate surface area is 223 Å². The van der Waals surface area contributed by atoms with E-state index in [1.165, 1.54) is 48.9 Å². The van der Waals surface area contributed by atoms with E-state index in [0.717, 1.165) is 0 Å². The van der Waals surface area contributed by atoms with Crippen LogP contribution in [0.1, 0.15) is 35.5 Å². The maximum Gasteiger partial charge on any atom is 0.257 e. The van der Waals surface area contributed by atoms with Gasteiger partial charge in [-0.15, -0.1) is 0 Å². The summed E-state index contributed by atoms with van der Waals surface area (Å²) in [5, 5.41) is 15.0. The van der Waals surface area contributed by atoms with Crippen molar-refractivity contribution in [1.82, 2.24) is 29.6 Å². The van der Waals surface area contributed by atoms with Crippen molar-refractivity contribution in [2.45, 2.75) is 32.5 Å². The van der Waals surface area contributed by atoms with E-state index in [4.69, 9.17) is 4.74 Å². The third-order valence-corrected chi connectivity index (χ3v) is 7.26. The number of carbonyl (C=O) groups is 1. The highest BCUT2D eigenvalue weighted by Gasteiger charge is 2.59. The van der Waals surface area contributed by atoms with Crippen LogP contribution in [0.4, 0.5) is 8.78 Å². The number of benzene rings is 1. The van der Waals surface area contributed by atoms with E-state index in [-0.39, 0.29) is 41.0 Å². The average Bonchev–Trinajstić information content (AvgIpc) is 3.22. The van der Waals surface area contributed by atoms with Crippen LogP contribution in [-0.2, 0) is 5.60 Å². The number of ether oxygens (including phenoxy) is 1. The molecule has 1 aromatic carbocycles. The van der Waals surface area contributed by atoms with Gasteiger partial charge in [-0.05, 0) is 51.1 Å². The number of aromatic nitrogens is 5. The quantitative estimate of drug-likeness (QED) is 0.404. The van der Waals surface area contributed by atoms with E-state index in [2.05, 4.69) is 20.1 Å². The number of hydrogen-bond donors (Lipinski definition) is 1. The van der Waals surface area contributed by atoms with Gasteiger partial charge >= 0.3 is 0 Å². The molecule has 9 nitrogen and oxygen atoms in total. The third kappa shape index (κ3) is 4.63. The summed E-state index contributed by atoms with van der Waals surface area (Å²) in [4.78, 5) is 27.7. The van der Waals surface area contributed by atoms with E-state index in [1.807, 2.05) is 0 Å². The SMILES string of the molecule is Cc1nn(-c2ncccn2)cc1C(=O)N1C[C@@H]2[C@H](C1)[C@@H]2Oc1cc(C(C)(C)O)c(F)c(-c2ccc(F)cc2)n1. The Morgan fingerprint density at radius 3 is 2.41 bits per heavy atom. The Bertz CT molecular complexity index is 1540. The zero-order valence-electron chi connectivity index (χ0n) is 21.5. The fraction of sp³-hybridized carbons (Fsp3) is 0.321. The van der Waals surface area contributed by atoms with E-state index >= 15 is 4.39 Å². The predicted molar refractivity (Wildman–Crippen MR) is 136 cm³/mol. The van der Waals surface area contributed by atoms with Gasteiger partial charge in [-0.1, -0.05) is 0 Å². The summed E-state index contributed by atoms with van der Waals surface area (Å²) in [6.07, 6.45) is 4.67. The monoisotopic (exact) mass is 532 g/mol. The lowest BCUT2D eigenvalue weighted by Crippen LogP contribution is -2.33. The lowest BCUT2D eigenvalue weighted by Gasteiger charge is -2.22. The van der Waals surface area contributed by atoms with Crippen LogP contribution in [0.25, 0.3) is 17.2 Å². The molecule has 0 radical (unpaired) electrons. The Morgan fingerprint density at radius 1 is 1.10 bits per heavy atom. The van der Waals surface area contributed by atoms with Crippen LogP contribution in [0.15, 0.2) is 55.0 Å². The fourth-order valence-corrected chi connectivity index (χ4v) is 5.11. The molecule has 200 valence electrons.